The molecule has 2 rings (SSSR count). The smallest absolute Gasteiger partial charge is 0.313 e. The number of nitrogens with one attached hydrogen (secondary N) is 1. The van der Waals surface area contributed by atoms with Crippen molar-refractivity contribution in [3.05, 3.63) is 41.1 Å². The van der Waals surface area contributed by atoms with Crippen molar-refractivity contribution in [2.24, 2.45) is 4.99 Å². The van der Waals surface area contributed by atoms with Crippen LogP contribution in [0.15, 0.2) is 35.0 Å². The van der Waals surface area contributed by atoms with Crippen LogP contribution >= 0.6 is 11.8 Å². The molecule has 22 heavy (non-hydrogen) atoms. The van der Waals surface area contributed by atoms with E-state index in [1.807, 2.05) is 24.3 Å². The third-order valence-corrected chi connectivity index (χ3v) is 3.95. The molecule has 1 aromatic carbocycles. The predicted molar refractivity (Wildman–Crippen MR) is 88.8 cm³/mol. The van der Waals surface area contributed by atoms with E-state index in [0.29, 0.717) is 5.17 Å². The normalized spacial score (nSPS) is 16.6. The zero-order valence-corrected chi connectivity index (χ0v) is 13.5. The Morgan fingerprint density at radius 3 is 2.50 bits per heavy atom. The first-order valence-electron chi connectivity index (χ1n) is 6.82. The second-order valence-corrected chi connectivity index (χ2v) is 6.92. The Balaban J connectivity index is 2.15. The highest BCUT2D eigenvalue weighted by molar-refractivity contribution is 8.14. The number of aliphatic imine (C=N–C) groups is 1. The maximum absolute atomic E-state index is 11.8. The van der Waals surface area contributed by atoms with E-state index in [2.05, 4.69) is 31.1 Å². The van der Waals surface area contributed by atoms with Gasteiger partial charge < -0.3 is 5.11 Å². The molecule has 1 aliphatic rings. The highest BCUT2D eigenvalue weighted by atomic mass is 32.2. The zero-order chi connectivity index (χ0) is 16.3. The molecule has 0 spiro atoms. The van der Waals surface area contributed by atoms with Crippen molar-refractivity contribution in [3.63, 3.8) is 0 Å². The molecule has 0 fully saturated rings. The molecule has 116 valence electrons. The second-order valence-electron chi connectivity index (χ2n) is 5.96. The molecule has 0 unspecified atom stereocenters. The van der Waals surface area contributed by atoms with E-state index in [-0.39, 0.29) is 22.8 Å². The Morgan fingerprint density at radius 2 is 1.95 bits per heavy atom. The molecule has 1 aliphatic heterocycles. The summed E-state index contributed by atoms with van der Waals surface area (Å²) in [5.41, 5.74) is 2.46. The number of amidine groups is 1. The van der Waals surface area contributed by atoms with Crippen molar-refractivity contribution < 1.29 is 14.7 Å². The lowest BCUT2D eigenvalue weighted by Gasteiger charge is -2.18. The lowest BCUT2D eigenvalue weighted by atomic mass is 9.87. The molecule has 6 heteroatoms. The first-order chi connectivity index (χ1) is 10.3. The molecule has 0 saturated heterocycles. The molecule has 1 amide bonds. The number of amides is 1. The lowest BCUT2D eigenvalue weighted by molar-refractivity contribution is -0.133. The third-order valence-electron chi connectivity index (χ3n) is 3.09. The van der Waals surface area contributed by atoms with Gasteiger partial charge in [-0.2, -0.15) is 0 Å². The molecule has 0 saturated carbocycles. The van der Waals surface area contributed by atoms with Crippen LogP contribution in [0, 0.1) is 0 Å². The van der Waals surface area contributed by atoms with Crippen molar-refractivity contribution in [2.75, 3.05) is 5.75 Å². The van der Waals surface area contributed by atoms with E-state index in [1.54, 1.807) is 6.08 Å². The third kappa shape index (κ3) is 4.21. The second kappa shape index (κ2) is 6.36. The summed E-state index contributed by atoms with van der Waals surface area (Å²) in [4.78, 5) is 26.4. The first kappa shape index (κ1) is 16.3. The fourth-order valence-electron chi connectivity index (χ4n) is 1.88. The molecule has 2 N–H and O–H groups in total. The highest BCUT2D eigenvalue weighted by Crippen LogP contribution is 2.23. The number of carbonyl (C=O) groups excluding carboxylic acids is 1. The van der Waals surface area contributed by atoms with Crippen molar-refractivity contribution in [3.8, 4) is 0 Å². The summed E-state index contributed by atoms with van der Waals surface area (Å²) in [6, 6.07) is 7.95. The van der Waals surface area contributed by atoms with Gasteiger partial charge in [-0.1, -0.05) is 56.8 Å². The molecule has 1 heterocycles. The van der Waals surface area contributed by atoms with Gasteiger partial charge in [0.05, 0.1) is 5.75 Å². The first-order valence-corrected chi connectivity index (χ1v) is 7.81. The van der Waals surface area contributed by atoms with E-state index in [9.17, 15) is 9.59 Å². The number of carboxylic acids is 1. The van der Waals surface area contributed by atoms with Crippen molar-refractivity contribution in [1.29, 1.82) is 0 Å². The molecule has 0 aromatic heterocycles. The maximum Gasteiger partial charge on any atom is 0.313 e. The van der Waals surface area contributed by atoms with Crippen molar-refractivity contribution >= 4 is 34.9 Å². The SMILES string of the molecule is CC(C)(C)c1ccc(/C=C2\N=C(SCC(=O)O)NC2=O)cc1. The number of benzene rings is 1. The van der Waals surface area contributed by atoms with Crippen molar-refractivity contribution in [2.45, 2.75) is 26.2 Å². The summed E-state index contributed by atoms with van der Waals surface area (Å²) in [5.74, 6) is -1.39. The van der Waals surface area contributed by atoms with Gasteiger partial charge in [0.15, 0.2) is 5.17 Å². The minimum atomic E-state index is -0.947. The number of carboxylic acid groups (broad SMARTS) is 1. The lowest BCUT2D eigenvalue weighted by Crippen LogP contribution is -2.22. The summed E-state index contributed by atoms with van der Waals surface area (Å²) in [5, 5.41) is 11.5. The van der Waals surface area contributed by atoms with Gasteiger partial charge in [0.2, 0.25) is 0 Å². The number of rotatable bonds is 3. The van der Waals surface area contributed by atoms with Crippen LogP contribution in [0.3, 0.4) is 0 Å². The quantitative estimate of drug-likeness (QED) is 0.840. The minimum Gasteiger partial charge on any atom is -0.481 e. The molecule has 0 radical (unpaired) electrons. The standard InChI is InChI=1S/C16H18N2O3S/c1-16(2,3)11-6-4-10(5-7-11)8-12-14(21)18-15(17-12)22-9-13(19)20/h4-8H,9H2,1-3H3,(H,19,20)(H,17,18,21)/b12-8-. The fourth-order valence-corrected chi connectivity index (χ4v) is 2.47. The molecular weight excluding hydrogens is 300 g/mol. The summed E-state index contributed by atoms with van der Waals surface area (Å²) in [6.45, 7) is 6.42. The molecule has 0 atom stereocenters. The largest absolute Gasteiger partial charge is 0.481 e. The van der Waals surface area contributed by atoms with Gasteiger partial charge in [0.1, 0.15) is 5.70 Å². The van der Waals surface area contributed by atoms with Gasteiger partial charge in [0.25, 0.3) is 5.91 Å². The summed E-state index contributed by atoms with van der Waals surface area (Å²) >= 11 is 0.994. The fraction of sp³-hybridized carbons (Fsp3) is 0.312. The summed E-state index contributed by atoms with van der Waals surface area (Å²) in [7, 11) is 0. The molecule has 0 aliphatic carbocycles. The van der Waals surface area contributed by atoms with E-state index in [1.165, 1.54) is 5.56 Å². The number of aliphatic carboxylic acids is 1. The Morgan fingerprint density at radius 1 is 1.32 bits per heavy atom. The summed E-state index contributed by atoms with van der Waals surface area (Å²) < 4.78 is 0. The monoisotopic (exact) mass is 318 g/mol. The number of carbonyl (C=O) groups is 2. The molecule has 0 bridgehead atoms. The predicted octanol–water partition coefficient (Wildman–Crippen LogP) is 2.63. The maximum atomic E-state index is 11.8. The number of thioether (sulfide) groups is 1. The number of nitrogens with zero attached hydrogens (tertiary/aromatic N) is 1. The van der Waals surface area contributed by atoms with Crippen molar-refractivity contribution in [1.82, 2.24) is 5.32 Å². The van der Waals surface area contributed by atoms with Crippen LogP contribution in [-0.2, 0) is 15.0 Å². The van der Waals surface area contributed by atoms with Crippen LogP contribution in [0.2, 0.25) is 0 Å². The molecule has 1 aromatic rings. The molecule has 5 nitrogen and oxygen atoms in total. The Hall–Kier alpha value is -2.08. The average Bonchev–Trinajstić information content (AvgIpc) is 2.77. The van der Waals surface area contributed by atoms with Gasteiger partial charge in [-0.3, -0.25) is 14.9 Å². The van der Waals surface area contributed by atoms with Gasteiger partial charge in [0, 0.05) is 0 Å². The van der Waals surface area contributed by atoms with Crippen LogP contribution in [-0.4, -0.2) is 27.9 Å². The van der Waals surface area contributed by atoms with E-state index >= 15 is 0 Å². The van der Waals surface area contributed by atoms with Crippen LogP contribution in [0.5, 0.6) is 0 Å². The van der Waals surface area contributed by atoms with E-state index < -0.39 is 5.97 Å². The van der Waals surface area contributed by atoms with Gasteiger partial charge in [-0.05, 0) is 22.6 Å². The van der Waals surface area contributed by atoms with Crippen LogP contribution in [0.4, 0.5) is 0 Å². The number of hydrogen-bond acceptors (Lipinski definition) is 4. The Bertz CT molecular complexity index is 655. The van der Waals surface area contributed by atoms with E-state index in [0.717, 1.165) is 17.3 Å². The Labute approximate surface area is 133 Å². The summed E-state index contributed by atoms with van der Waals surface area (Å²) in [6.07, 6.45) is 1.69. The average molecular weight is 318 g/mol. The van der Waals surface area contributed by atoms with Gasteiger partial charge >= 0.3 is 5.97 Å². The number of hydrogen-bond donors (Lipinski definition) is 2. The highest BCUT2D eigenvalue weighted by Gasteiger charge is 2.21. The van der Waals surface area contributed by atoms with Crippen LogP contribution in [0.1, 0.15) is 31.9 Å². The van der Waals surface area contributed by atoms with Crippen LogP contribution < -0.4 is 5.32 Å². The van der Waals surface area contributed by atoms with Gasteiger partial charge in [-0.25, -0.2) is 4.99 Å². The minimum absolute atomic E-state index is 0.0786. The van der Waals surface area contributed by atoms with Gasteiger partial charge in [-0.15, -0.1) is 0 Å². The molecular formula is C16H18N2O3S. The van der Waals surface area contributed by atoms with E-state index in [4.69, 9.17) is 5.11 Å². The van der Waals surface area contributed by atoms with Crippen LogP contribution in [0.25, 0.3) is 6.08 Å². The Kier molecular flexibility index (Phi) is 4.71. The topological polar surface area (TPSA) is 78.8 Å². The zero-order valence-electron chi connectivity index (χ0n) is 12.7.